The Hall–Kier alpha value is -3.10. The van der Waals surface area contributed by atoms with Crippen molar-refractivity contribution in [2.45, 2.75) is 6.92 Å². The number of hydrogen-bond acceptors (Lipinski definition) is 5. The molecule has 0 N–H and O–H groups in total. The van der Waals surface area contributed by atoms with Crippen molar-refractivity contribution in [1.29, 1.82) is 5.26 Å². The molecule has 0 radical (unpaired) electrons. The number of nitrogens with zero attached hydrogens (tertiary/aromatic N) is 2. The van der Waals surface area contributed by atoms with Crippen molar-refractivity contribution in [3.05, 3.63) is 64.0 Å². The number of ether oxygens (including phenoxy) is 2. The number of aryl methyl sites for hydroxylation is 1. The smallest absolute Gasteiger partial charge is 0.161 e. The first kappa shape index (κ1) is 16.4. The summed E-state index contributed by atoms with van der Waals surface area (Å²) >= 11 is 1.47. The number of allylic oxidation sites excluding steroid dienone is 1. The topological polar surface area (TPSA) is 55.1 Å². The molecule has 4 nitrogen and oxygen atoms in total. The van der Waals surface area contributed by atoms with Gasteiger partial charge in [-0.05, 0) is 30.7 Å². The van der Waals surface area contributed by atoms with E-state index in [-0.39, 0.29) is 0 Å². The molecule has 0 saturated carbocycles. The predicted octanol–water partition coefficient (Wildman–Crippen LogP) is 4.95. The van der Waals surface area contributed by atoms with Crippen LogP contribution < -0.4 is 9.47 Å². The minimum absolute atomic E-state index is 0.532. The van der Waals surface area contributed by atoms with Crippen LogP contribution in [-0.4, -0.2) is 18.2 Å². The van der Waals surface area contributed by atoms with Crippen LogP contribution in [-0.2, 0) is 0 Å². The Kier molecular flexibility index (Phi) is 4.42. The van der Waals surface area contributed by atoms with Crippen LogP contribution in [0.25, 0.3) is 22.9 Å². The molecule has 3 aromatic rings. The van der Waals surface area contributed by atoms with E-state index in [9.17, 15) is 5.26 Å². The molecule has 0 saturated heterocycles. The quantitative estimate of drug-likeness (QED) is 0.620. The Morgan fingerprint density at radius 1 is 1.12 bits per heavy atom. The van der Waals surface area contributed by atoms with E-state index in [0.29, 0.717) is 29.5 Å². The van der Waals surface area contributed by atoms with Crippen LogP contribution in [0, 0.1) is 18.3 Å². The van der Waals surface area contributed by atoms with Crippen molar-refractivity contribution < 1.29 is 9.47 Å². The van der Waals surface area contributed by atoms with Crippen molar-refractivity contribution in [2.75, 3.05) is 13.2 Å². The van der Waals surface area contributed by atoms with Gasteiger partial charge in [0.2, 0.25) is 0 Å². The molecule has 0 aliphatic carbocycles. The fourth-order valence-corrected chi connectivity index (χ4v) is 3.51. The number of fused-ring (bicyclic) bond motifs is 1. The number of aromatic nitrogens is 1. The van der Waals surface area contributed by atoms with Gasteiger partial charge in [0.05, 0.1) is 11.3 Å². The number of benzene rings is 2. The maximum atomic E-state index is 9.59. The lowest BCUT2D eigenvalue weighted by Crippen LogP contribution is -2.15. The van der Waals surface area contributed by atoms with Crippen LogP contribution in [0.3, 0.4) is 0 Å². The van der Waals surface area contributed by atoms with Gasteiger partial charge in [-0.15, -0.1) is 11.3 Å². The second-order valence-corrected chi connectivity index (χ2v) is 6.83. The van der Waals surface area contributed by atoms with Gasteiger partial charge in [-0.1, -0.05) is 35.9 Å². The van der Waals surface area contributed by atoms with Crippen molar-refractivity contribution in [3.8, 4) is 28.8 Å². The first-order chi connectivity index (χ1) is 12.7. The van der Waals surface area contributed by atoms with Gasteiger partial charge in [-0.2, -0.15) is 5.26 Å². The van der Waals surface area contributed by atoms with Gasteiger partial charge in [-0.3, -0.25) is 0 Å². The fourth-order valence-electron chi connectivity index (χ4n) is 2.71. The molecule has 0 bridgehead atoms. The van der Waals surface area contributed by atoms with Crippen LogP contribution in [0.2, 0.25) is 0 Å². The largest absolute Gasteiger partial charge is 0.486 e. The first-order valence-electron chi connectivity index (χ1n) is 8.27. The minimum atomic E-state index is 0.532. The molecule has 128 valence electrons. The van der Waals surface area contributed by atoms with Crippen molar-refractivity contribution >= 4 is 23.0 Å². The van der Waals surface area contributed by atoms with Crippen LogP contribution >= 0.6 is 11.3 Å². The molecule has 0 spiro atoms. The van der Waals surface area contributed by atoms with Crippen molar-refractivity contribution in [1.82, 2.24) is 4.98 Å². The Morgan fingerprint density at radius 2 is 1.88 bits per heavy atom. The number of rotatable bonds is 3. The second-order valence-electron chi connectivity index (χ2n) is 5.98. The van der Waals surface area contributed by atoms with Crippen LogP contribution in [0.5, 0.6) is 11.5 Å². The second kappa shape index (κ2) is 7.03. The third kappa shape index (κ3) is 3.32. The van der Waals surface area contributed by atoms with E-state index < -0.39 is 0 Å². The number of thiazole rings is 1. The Morgan fingerprint density at radius 3 is 2.65 bits per heavy atom. The van der Waals surface area contributed by atoms with Crippen LogP contribution in [0.1, 0.15) is 16.1 Å². The summed E-state index contributed by atoms with van der Waals surface area (Å²) in [5, 5.41) is 12.3. The fraction of sp³-hybridized carbons (Fsp3) is 0.143. The van der Waals surface area contributed by atoms with E-state index in [0.717, 1.165) is 22.6 Å². The van der Waals surface area contributed by atoms with Gasteiger partial charge in [-0.25, -0.2) is 4.98 Å². The summed E-state index contributed by atoms with van der Waals surface area (Å²) in [7, 11) is 0. The van der Waals surface area contributed by atoms with Crippen LogP contribution in [0.15, 0.2) is 47.8 Å². The monoisotopic (exact) mass is 360 g/mol. The molecule has 2 heterocycles. The molecule has 0 fully saturated rings. The van der Waals surface area contributed by atoms with Crippen LogP contribution in [0.4, 0.5) is 0 Å². The number of nitriles is 1. The Bertz CT molecular complexity index is 1010. The predicted molar refractivity (Wildman–Crippen MR) is 103 cm³/mol. The average molecular weight is 360 g/mol. The molecule has 0 amide bonds. The summed E-state index contributed by atoms with van der Waals surface area (Å²) in [5.74, 6) is 1.45. The van der Waals surface area contributed by atoms with E-state index in [1.165, 1.54) is 16.9 Å². The van der Waals surface area contributed by atoms with E-state index in [2.05, 4.69) is 30.1 Å². The standard InChI is InChI=1S/C21H16N2O2S/c1-14-2-5-16(6-3-14)18-13-26-21(23-18)17(12-22)10-15-4-7-19-20(11-15)25-9-8-24-19/h2-7,10-11,13H,8-9H2,1H3/b17-10+. The first-order valence-corrected chi connectivity index (χ1v) is 9.15. The maximum absolute atomic E-state index is 9.59. The zero-order valence-corrected chi connectivity index (χ0v) is 15.0. The highest BCUT2D eigenvalue weighted by Crippen LogP contribution is 2.33. The molecule has 1 aliphatic rings. The summed E-state index contributed by atoms with van der Waals surface area (Å²) in [5.41, 5.74) is 4.56. The normalized spacial score (nSPS) is 13.3. The summed E-state index contributed by atoms with van der Waals surface area (Å²) in [6.07, 6.45) is 1.83. The Balaban J connectivity index is 1.64. The molecule has 1 aromatic heterocycles. The summed E-state index contributed by atoms with van der Waals surface area (Å²) < 4.78 is 11.1. The SMILES string of the molecule is Cc1ccc(-c2csc(/C(C#N)=C/c3ccc4c(c3)OCCO4)n2)cc1. The highest BCUT2D eigenvalue weighted by molar-refractivity contribution is 7.11. The van der Waals surface area contributed by atoms with E-state index in [1.54, 1.807) is 0 Å². The molecule has 2 aromatic carbocycles. The van der Waals surface area contributed by atoms with Gasteiger partial charge in [0.25, 0.3) is 0 Å². The molecule has 5 heteroatoms. The molecule has 0 atom stereocenters. The molecular formula is C21H16N2O2S. The lowest BCUT2D eigenvalue weighted by atomic mass is 10.1. The minimum Gasteiger partial charge on any atom is -0.486 e. The Labute approximate surface area is 156 Å². The van der Waals surface area contributed by atoms with Gasteiger partial charge in [0.15, 0.2) is 11.5 Å². The molecular weight excluding hydrogens is 344 g/mol. The molecule has 0 unspecified atom stereocenters. The summed E-state index contributed by atoms with van der Waals surface area (Å²) in [6.45, 7) is 3.16. The van der Waals surface area contributed by atoms with E-state index in [1.807, 2.05) is 41.8 Å². The maximum Gasteiger partial charge on any atom is 0.161 e. The van der Waals surface area contributed by atoms with Crippen molar-refractivity contribution in [3.63, 3.8) is 0 Å². The van der Waals surface area contributed by atoms with E-state index >= 15 is 0 Å². The number of hydrogen-bond donors (Lipinski definition) is 0. The van der Waals surface area contributed by atoms with Gasteiger partial charge in [0, 0.05) is 10.9 Å². The third-order valence-electron chi connectivity index (χ3n) is 4.08. The zero-order chi connectivity index (χ0) is 17.9. The van der Waals surface area contributed by atoms with E-state index in [4.69, 9.17) is 9.47 Å². The third-order valence-corrected chi connectivity index (χ3v) is 4.96. The highest BCUT2D eigenvalue weighted by Gasteiger charge is 2.13. The summed E-state index contributed by atoms with van der Waals surface area (Å²) in [6, 6.07) is 16.1. The molecule has 4 rings (SSSR count). The summed E-state index contributed by atoms with van der Waals surface area (Å²) in [4.78, 5) is 4.64. The van der Waals surface area contributed by atoms with Gasteiger partial charge >= 0.3 is 0 Å². The average Bonchev–Trinajstić information content (AvgIpc) is 3.16. The zero-order valence-electron chi connectivity index (χ0n) is 14.2. The van der Waals surface area contributed by atoms with Gasteiger partial charge < -0.3 is 9.47 Å². The molecule has 1 aliphatic heterocycles. The van der Waals surface area contributed by atoms with Crippen molar-refractivity contribution in [2.24, 2.45) is 0 Å². The lowest BCUT2D eigenvalue weighted by Gasteiger charge is -2.18. The molecule has 26 heavy (non-hydrogen) atoms. The van der Waals surface area contributed by atoms with Gasteiger partial charge in [0.1, 0.15) is 24.3 Å². The lowest BCUT2D eigenvalue weighted by molar-refractivity contribution is 0.171. The highest BCUT2D eigenvalue weighted by atomic mass is 32.1.